The Morgan fingerprint density at radius 3 is 2.85 bits per heavy atom. The molecule has 13 heavy (non-hydrogen) atoms. The first-order valence-corrected chi connectivity index (χ1v) is 4.33. The molecule has 0 unspecified atom stereocenters. The molecule has 0 aromatic rings. The number of ether oxygens (including phenoxy) is 2. The van der Waals surface area contributed by atoms with Gasteiger partial charge < -0.3 is 20.5 Å². The van der Waals surface area contributed by atoms with E-state index in [4.69, 9.17) is 10.5 Å². The molecule has 0 saturated carbocycles. The van der Waals surface area contributed by atoms with Gasteiger partial charge in [0.15, 0.2) is 0 Å². The van der Waals surface area contributed by atoms with E-state index >= 15 is 0 Å². The summed E-state index contributed by atoms with van der Waals surface area (Å²) in [5.74, 6) is 0. The van der Waals surface area contributed by atoms with Crippen molar-refractivity contribution >= 4 is 6.09 Å². The van der Waals surface area contributed by atoms with Gasteiger partial charge in [0.25, 0.3) is 0 Å². The van der Waals surface area contributed by atoms with Crippen molar-refractivity contribution in [2.24, 2.45) is 11.1 Å². The van der Waals surface area contributed by atoms with Gasteiger partial charge in [-0.15, -0.1) is 0 Å². The molecular formula is C8H16N2O3. The molecule has 1 rings (SSSR count). The van der Waals surface area contributed by atoms with Crippen molar-refractivity contribution in [1.29, 1.82) is 0 Å². The molecule has 1 aliphatic heterocycles. The fraction of sp³-hybridized carbons (Fsp3) is 0.875. The predicted molar refractivity (Wildman–Crippen MR) is 47.3 cm³/mol. The van der Waals surface area contributed by atoms with Gasteiger partial charge in [0.1, 0.15) is 6.61 Å². The van der Waals surface area contributed by atoms with Crippen LogP contribution in [0.4, 0.5) is 4.79 Å². The summed E-state index contributed by atoms with van der Waals surface area (Å²) < 4.78 is 9.64. The molecule has 0 aromatic heterocycles. The number of hydrogen-bond acceptors (Lipinski definition) is 4. The molecule has 1 heterocycles. The predicted octanol–water partition coefficient (Wildman–Crippen LogP) is -0.292. The maximum Gasteiger partial charge on any atom is 0.404 e. The first-order valence-electron chi connectivity index (χ1n) is 4.33. The highest BCUT2D eigenvalue weighted by Gasteiger charge is 2.32. The first-order chi connectivity index (χ1) is 6.12. The third kappa shape index (κ3) is 3.61. The summed E-state index contributed by atoms with van der Waals surface area (Å²) in [7, 11) is 0. The van der Waals surface area contributed by atoms with Gasteiger partial charge in [-0.05, 0) is 0 Å². The Bertz CT molecular complexity index is 180. The van der Waals surface area contributed by atoms with Crippen LogP contribution in [0.3, 0.4) is 0 Å². The van der Waals surface area contributed by atoms with E-state index in [0.29, 0.717) is 13.2 Å². The second-order valence-corrected chi connectivity index (χ2v) is 3.65. The summed E-state index contributed by atoms with van der Waals surface area (Å²) in [5.41, 5.74) is 5.05. The van der Waals surface area contributed by atoms with Crippen molar-refractivity contribution in [2.75, 3.05) is 32.9 Å². The Balaban J connectivity index is 1.92. The van der Waals surface area contributed by atoms with Crippen LogP contribution in [0.15, 0.2) is 0 Å². The molecular weight excluding hydrogens is 172 g/mol. The second kappa shape index (κ2) is 4.43. The van der Waals surface area contributed by atoms with E-state index in [0.717, 1.165) is 19.8 Å². The van der Waals surface area contributed by atoms with Crippen LogP contribution in [-0.2, 0) is 9.47 Å². The molecule has 1 saturated heterocycles. The Hall–Kier alpha value is -0.810. The van der Waals surface area contributed by atoms with Crippen LogP contribution in [0.25, 0.3) is 0 Å². The van der Waals surface area contributed by atoms with Gasteiger partial charge in [-0.1, -0.05) is 6.92 Å². The lowest BCUT2D eigenvalue weighted by Crippen LogP contribution is -2.47. The monoisotopic (exact) mass is 188 g/mol. The van der Waals surface area contributed by atoms with Crippen molar-refractivity contribution in [3.8, 4) is 0 Å². The topological polar surface area (TPSA) is 73.6 Å². The van der Waals surface area contributed by atoms with Gasteiger partial charge in [-0.25, -0.2) is 4.79 Å². The quantitative estimate of drug-likeness (QED) is 0.581. The van der Waals surface area contributed by atoms with E-state index in [1.54, 1.807) is 0 Å². The highest BCUT2D eigenvalue weighted by Crippen LogP contribution is 2.24. The number of nitrogens with one attached hydrogen (secondary N) is 1. The highest BCUT2D eigenvalue weighted by atomic mass is 16.5. The van der Waals surface area contributed by atoms with E-state index in [1.165, 1.54) is 0 Å². The SMILES string of the molecule is CC1(CNCCOC(N)=O)COC1. The number of carbonyl (C=O) groups is 1. The van der Waals surface area contributed by atoms with E-state index in [1.807, 2.05) is 0 Å². The summed E-state index contributed by atoms with van der Waals surface area (Å²) in [6.07, 6.45) is -0.722. The third-order valence-electron chi connectivity index (χ3n) is 1.98. The maximum absolute atomic E-state index is 10.2. The summed E-state index contributed by atoms with van der Waals surface area (Å²) in [6.45, 7) is 5.60. The molecule has 5 nitrogen and oxygen atoms in total. The molecule has 1 amide bonds. The minimum Gasteiger partial charge on any atom is -0.448 e. The van der Waals surface area contributed by atoms with Crippen LogP contribution in [-0.4, -0.2) is 39.0 Å². The van der Waals surface area contributed by atoms with E-state index in [2.05, 4.69) is 17.0 Å². The minimum absolute atomic E-state index is 0.257. The van der Waals surface area contributed by atoms with Crippen LogP contribution in [0.2, 0.25) is 0 Å². The smallest absolute Gasteiger partial charge is 0.404 e. The standard InChI is InChI=1S/C8H16N2O3/c1-8(5-12-6-8)4-10-2-3-13-7(9)11/h10H,2-6H2,1H3,(H2,9,11). The first kappa shape index (κ1) is 10.3. The van der Waals surface area contributed by atoms with E-state index in [-0.39, 0.29) is 5.41 Å². The Morgan fingerprint density at radius 2 is 2.38 bits per heavy atom. The third-order valence-corrected chi connectivity index (χ3v) is 1.98. The number of amides is 1. The second-order valence-electron chi connectivity index (χ2n) is 3.65. The van der Waals surface area contributed by atoms with Crippen LogP contribution < -0.4 is 11.1 Å². The number of hydrogen-bond donors (Lipinski definition) is 2. The van der Waals surface area contributed by atoms with Crippen molar-refractivity contribution in [3.63, 3.8) is 0 Å². The van der Waals surface area contributed by atoms with Gasteiger partial charge in [0, 0.05) is 18.5 Å². The average Bonchev–Trinajstić information content (AvgIpc) is 2.00. The molecule has 0 atom stereocenters. The molecule has 1 aliphatic rings. The Labute approximate surface area is 77.6 Å². The lowest BCUT2D eigenvalue weighted by Gasteiger charge is -2.38. The Kier molecular flexibility index (Phi) is 3.50. The molecule has 0 bridgehead atoms. The van der Waals surface area contributed by atoms with Gasteiger partial charge in [0.05, 0.1) is 13.2 Å². The van der Waals surface area contributed by atoms with Crippen LogP contribution in [0, 0.1) is 5.41 Å². The minimum atomic E-state index is -0.722. The van der Waals surface area contributed by atoms with Gasteiger partial charge in [-0.2, -0.15) is 0 Å². The molecule has 0 aromatic carbocycles. The summed E-state index contributed by atoms with van der Waals surface area (Å²) in [5, 5.41) is 3.17. The van der Waals surface area contributed by atoms with Gasteiger partial charge >= 0.3 is 6.09 Å². The van der Waals surface area contributed by atoms with Crippen LogP contribution in [0.5, 0.6) is 0 Å². The highest BCUT2D eigenvalue weighted by molar-refractivity contribution is 5.64. The molecule has 76 valence electrons. The van der Waals surface area contributed by atoms with Crippen molar-refractivity contribution in [3.05, 3.63) is 0 Å². The average molecular weight is 188 g/mol. The maximum atomic E-state index is 10.2. The fourth-order valence-electron chi connectivity index (χ4n) is 1.17. The Morgan fingerprint density at radius 1 is 1.69 bits per heavy atom. The summed E-state index contributed by atoms with van der Waals surface area (Å²) >= 11 is 0. The molecule has 0 aliphatic carbocycles. The fourth-order valence-corrected chi connectivity index (χ4v) is 1.17. The van der Waals surface area contributed by atoms with E-state index in [9.17, 15) is 4.79 Å². The lowest BCUT2D eigenvalue weighted by atomic mass is 9.89. The number of nitrogens with two attached hydrogens (primary N) is 1. The summed E-state index contributed by atoms with van der Waals surface area (Å²) in [6, 6.07) is 0. The number of carbonyl (C=O) groups excluding carboxylic acids is 1. The lowest BCUT2D eigenvalue weighted by molar-refractivity contribution is -0.0991. The van der Waals surface area contributed by atoms with Crippen molar-refractivity contribution < 1.29 is 14.3 Å². The molecule has 0 radical (unpaired) electrons. The molecule has 0 spiro atoms. The summed E-state index contributed by atoms with van der Waals surface area (Å²) in [4.78, 5) is 10.2. The van der Waals surface area contributed by atoms with Gasteiger partial charge in [-0.3, -0.25) is 0 Å². The zero-order valence-electron chi connectivity index (χ0n) is 7.84. The zero-order valence-corrected chi connectivity index (χ0v) is 7.84. The van der Waals surface area contributed by atoms with Crippen molar-refractivity contribution in [2.45, 2.75) is 6.92 Å². The van der Waals surface area contributed by atoms with Crippen molar-refractivity contribution in [1.82, 2.24) is 5.32 Å². The molecule has 5 heteroatoms. The zero-order chi connectivity index (χ0) is 9.73. The van der Waals surface area contributed by atoms with Crippen LogP contribution >= 0.6 is 0 Å². The van der Waals surface area contributed by atoms with Crippen LogP contribution in [0.1, 0.15) is 6.92 Å². The molecule has 1 fully saturated rings. The number of primary amides is 1. The molecule has 3 N–H and O–H groups in total. The number of rotatable bonds is 5. The normalized spacial score (nSPS) is 19.2. The largest absolute Gasteiger partial charge is 0.448 e. The van der Waals surface area contributed by atoms with Gasteiger partial charge in [0.2, 0.25) is 0 Å². The van der Waals surface area contributed by atoms with E-state index < -0.39 is 6.09 Å².